The number of nitrogens with one attached hydrogen (secondary N) is 4. The Morgan fingerprint density at radius 3 is 2.58 bits per heavy atom. The molecule has 2 amide bonds. The van der Waals surface area contributed by atoms with Gasteiger partial charge in [-0.1, -0.05) is 0 Å². The maximum absolute atomic E-state index is 14.2. The van der Waals surface area contributed by atoms with Crippen LogP contribution in [0, 0.1) is 0 Å². The van der Waals surface area contributed by atoms with Gasteiger partial charge in [0.1, 0.15) is 17.3 Å². The average Bonchev–Trinajstić information content (AvgIpc) is 3.55. The monoisotopic (exact) mass is 552 g/mol. The fourth-order valence-corrected chi connectivity index (χ4v) is 5.07. The third kappa shape index (κ3) is 6.03. The molecule has 1 atom stereocenters. The number of anilines is 1. The minimum atomic E-state index is -4.77. The van der Waals surface area contributed by atoms with Gasteiger partial charge in [0.15, 0.2) is 5.01 Å². The largest absolute Gasteiger partial charge is 0.417 e. The van der Waals surface area contributed by atoms with E-state index in [0.29, 0.717) is 17.9 Å². The summed E-state index contributed by atoms with van der Waals surface area (Å²) in [6.07, 6.45) is -2.22. The van der Waals surface area contributed by atoms with E-state index in [-0.39, 0.29) is 45.4 Å². The second kappa shape index (κ2) is 10.2. The summed E-state index contributed by atoms with van der Waals surface area (Å²) < 4.78 is 42.7. The van der Waals surface area contributed by atoms with Crippen LogP contribution in [0.3, 0.4) is 0 Å². The molecule has 11 nitrogen and oxygen atoms in total. The second-order valence-corrected chi connectivity index (χ2v) is 11.0. The summed E-state index contributed by atoms with van der Waals surface area (Å²) in [5.74, 6) is -1.12. The van der Waals surface area contributed by atoms with Crippen molar-refractivity contribution in [1.82, 2.24) is 35.4 Å². The number of hydrogen-bond acceptors (Lipinski definition) is 8. The lowest BCUT2D eigenvalue weighted by molar-refractivity contribution is -0.137. The van der Waals surface area contributed by atoms with E-state index in [0.717, 1.165) is 25.1 Å². The molecule has 0 spiro atoms. The van der Waals surface area contributed by atoms with E-state index >= 15 is 0 Å². The number of carbonyl (C=O) groups excluding carboxylic acids is 2. The van der Waals surface area contributed by atoms with Gasteiger partial charge >= 0.3 is 11.9 Å². The van der Waals surface area contributed by atoms with Crippen LogP contribution in [0.5, 0.6) is 0 Å². The number of H-pyrrole nitrogens is 2. The molecule has 4 N–H and O–H groups in total. The molecule has 15 heteroatoms. The Labute approximate surface area is 219 Å². The van der Waals surface area contributed by atoms with E-state index in [1.54, 1.807) is 25.7 Å². The Morgan fingerprint density at radius 1 is 1.26 bits per heavy atom. The minimum Gasteiger partial charge on any atom is -0.365 e. The Bertz CT molecular complexity index is 1410. The fourth-order valence-electron chi connectivity index (χ4n) is 4.07. The Morgan fingerprint density at radius 2 is 2.00 bits per heavy atom. The van der Waals surface area contributed by atoms with Gasteiger partial charge in [-0.05, 0) is 46.6 Å². The van der Waals surface area contributed by atoms with Crippen molar-refractivity contribution in [3.63, 3.8) is 0 Å². The molecule has 204 valence electrons. The molecule has 0 aromatic carbocycles. The first-order valence-electron chi connectivity index (χ1n) is 11.8. The van der Waals surface area contributed by atoms with Gasteiger partial charge in [0.05, 0.1) is 17.0 Å². The van der Waals surface area contributed by atoms with Crippen molar-refractivity contribution >= 4 is 29.0 Å². The zero-order chi connectivity index (χ0) is 27.8. The van der Waals surface area contributed by atoms with Gasteiger partial charge in [0.2, 0.25) is 0 Å². The molecule has 1 saturated heterocycles. The first-order chi connectivity index (χ1) is 17.7. The molecule has 4 heterocycles. The summed E-state index contributed by atoms with van der Waals surface area (Å²) in [7, 11) is 0. The Balaban J connectivity index is 1.77. The number of likely N-dealkylation sites (tertiary alicyclic amines) is 1. The zero-order valence-electron chi connectivity index (χ0n) is 21.1. The Kier molecular flexibility index (Phi) is 7.32. The van der Waals surface area contributed by atoms with Crippen molar-refractivity contribution in [3.8, 4) is 10.4 Å². The number of nitrogens with zero attached hydrogens (tertiary/aromatic N) is 4. The van der Waals surface area contributed by atoms with Crippen molar-refractivity contribution in [1.29, 1.82) is 0 Å². The summed E-state index contributed by atoms with van der Waals surface area (Å²) in [4.78, 5) is 49.7. The van der Waals surface area contributed by atoms with E-state index in [2.05, 4.69) is 35.8 Å². The first-order valence-corrected chi connectivity index (χ1v) is 12.6. The van der Waals surface area contributed by atoms with E-state index in [4.69, 9.17) is 0 Å². The van der Waals surface area contributed by atoms with Gasteiger partial charge in [-0.2, -0.15) is 18.3 Å². The highest BCUT2D eigenvalue weighted by molar-refractivity contribution is 7.17. The number of rotatable bonds is 6. The standard InChI is InChI=1S/C23H27F3N8O3S/c1-11-6-5-7-34(11)20(36)16-17(38-19(30-16)18(35)28-10-15-29-21(37)33-32-15)12-9-27-14(31-22(2,3)4)8-13(12)23(24,25)26/h8-9,11H,5-7,10H2,1-4H3,(H,27,31)(H,28,35)(H2,29,32,33,37). The number of amides is 2. The van der Waals surface area contributed by atoms with Crippen LogP contribution < -0.4 is 16.3 Å². The van der Waals surface area contributed by atoms with Gasteiger partial charge in [-0.25, -0.2) is 19.9 Å². The number of carbonyl (C=O) groups is 2. The first kappa shape index (κ1) is 27.3. The molecular formula is C23H27F3N8O3S. The second-order valence-electron chi connectivity index (χ2n) is 9.98. The van der Waals surface area contributed by atoms with E-state index < -0.39 is 34.8 Å². The van der Waals surface area contributed by atoms with Gasteiger partial charge < -0.3 is 15.5 Å². The summed E-state index contributed by atoms with van der Waals surface area (Å²) in [6, 6.07) is 0.769. The normalized spacial score (nSPS) is 16.1. The lowest BCUT2D eigenvalue weighted by atomic mass is 10.1. The SMILES string of the molecule is CC1CCCN1C(=O)c1nc(C(=O)NCc2n[nH]c(=O)[nH]2)sc1-c1cnc(NC(C)(C)C)cc1C(F)(F)F. The molecule has 0 radical (unpaired) electrons. The van der Waals surface area contributed by atoms with Crippen LogP contribution in [0.1, 0.15) is 72.2 Å². The molecule has 0 bridgehead atoms. The summed E-state index contributed by atoms with van der Waals surface area (Å²) in [6.45, 7) is 7.49. The molecule has 3 aromatic rings. The Hall–Kier alpha value is -3.75. The van der Waals surface area contributed by atoms with Crippen LogP contribution in [0.2, 0.25) is 0 Å². The van der Waals surface area contributed by atoms with Crippen LogP contribution in [-0.4, -0.2) is 60.0 Å². The minimum absolute atomic E-state index is 0.0186. The average molecular weight is 553 g/mol. The quantitative estimate of drug-likeness (QED) is 0.366. The van der Waals surface area contributed by atoms with Crippen LogP contribution in [0.25, 0.3) is 10.4 Å². The molecule has 0 saturated carbocycles. The number of thiazole rings is 1. The number of aromatic amines is 2. The molecule has 1 aliphatic rings. The number of alkyl halides is 3. The lowest BCUT2D eigenvalue weighted by Crippen LogP contribution is -2.34. The number of pyridine rings is 1. The fraction of sp³-hybridized carbons (Fsp3) is 0.478. The summed E-state index contributed by atoms with van der Waals surface area (Å²) >= 11 is 0.667. The van der Waals surface area contributed by atoms with E-state index in [9.17, 15) is 27.6 Å². The molecule has 1 fully saturated rings. The topological polar surface area (TPSA) is 149 Å². The molecule has 38 heavy (non-hydrogen) atoms. The van der Waals surface area contributed by atoms with Crippen LogP contribution in [0.15, 0.2) is 17.1 Å². The number of halogens is 3. The highest BCUT2D eigenvalue weighted by atomic mass is 32.1. The van der Waals surface area contributed by atoms with Crippen LogP contribution >= 0.6 is 11.3 Å². The van der Waals surface area contributed by atoms with Crippen molar-refractivity contribution in [2.45, 2.75) is 64.8 Å². The lowest BCUT2D eigenvalue weighted by Gasteiger charge is -2.23. The predicted molar refractivity (Wildman–Crippen MR) is 134 cm³/mol. The van der Waals surface area contributed by atoms with Crippen LogP contribution in [0.4, 0.5) is 19.0 Å². The maximum atomic E-state index is 14.2. The highest BCUT2D eigenvalue weighted by Gasteiger charge is 2.38. The molecular weight excluding hydrogens is 525 g/mol. The van der Waals surface area contributed by atoms with Crippen molar-refractivity contribution in [3.05, 3.63) is 44.8 Å². The third-order valence-corrected chi connectivity index (χ3v) is 6.85. The number of aromatic nitrogens is 5. The maximum Gasteiger partial charge on any atom is 0.417 e. The third-order valence-electron chi connectivity index (χ3n) is 5.76. The van der Waals surface area contributed by atoms with E-state index in [1.807, 2.05) is 6.92 Å². The van der Waals surface area contributed by atoms with E-state index in [1.165, 1.54) is 0 Å². The predicted octanol–water partition coefficient (Wildman–Crippen LogP) is 3.40. The molecule has 4 rings (SSSR count). The molecule has 1 unspecified atom stereocenters. The number of hydrogen-bond donors (Lipinski definition) is 4. The van der Waals surface area contributed by atoms with Gasteiger partial charge in [-0.15, -0.1) is 11.3 Å². The summed E-state index contributed by atoms with van der Waals surface area (Å²) in [5.41, 5.74) is -2.70. The van der Waals surface area contributed by atoms with Gasteiger partial charge in [0, 0.05) is 29.9 Å². The van der Waals surface area contributed by atoms with Gasteiger partial charge in [0.25, 0.3) is 11.8 Å². The van der Waals surface area contributed by atoms with Crippen molar-refractivity contribution < 1.29 is 22.8 Å². The highest BCUT2D eigenvalue weighted by Crippen LogP contribution is 2.42. The zero-order valence-corrected chi connectivity index (χ0v) is 21.9. The molecule has 3 aromatic heterocycles. The van der Waals surface area contributed by atoms with Crippen molar-refractivity contribution in [2.24, 2.45) is 0 Å². The van der Waals surface area contributed by atoms with Gasteiger partial charge in [-0.3, -0.25) is 14.6 Å². The summed E-state index contributed by atoms with van der Waals surface area (Å²) in [5, 5.41) is 11.1. The molecule has 0 aliphatic carbocycles. The smallest absolute Gasteiger partial charge is 0.365 e. The van der Waals surface area contributed by atoms with Crippen LogP contribution in [-0.2, 0) is 12.7 Å². The van der Waals surface area contributed by atoms with Crippen molar-refractivity contribution in [2.75, 3.05) is 11.9 Å². The molecule has 1 aliphatic heterocycles.